The topological polar surface area (TPSA) is 29.5 Å². The molecule has 21 heavy (non-hydrogen) atoms. The molecule has 5 heteroatoms. The fourth-order valence-corrected chi connectivity index (χ4v) is 2.53. The molecule has 0 fully saturated rings. The van der Waals surface area contributed by atoms with Crippen LogP contribution in [0, 0.1) is 0 Å². The Bertz CT molecular complexity index is 658. The van der Waals surface area contributed by atoms with E-state index in [4.69, 9.17) is 16.3 Å². The van der Waals surface area contributed by atoms with E-state index in [1.807, 2.05) is 24.3 Å². The van der Waals surface area contributed by atoms with Crippen molar-refractivity contribution in [2.45, 2.75) is 6.61 Å². The number of rotatable bonds is 4. The van der Waals surface area contributed by atoms with Gasteiger partial charge in [-0.25, -0.2) is 0 Å². The molecule has 2 aromatic carbocycles. The van der Waals surface area contributed by atoms with Gasteiger partial charge in [-0.2, -0.15) is 0 Å². The van der Waals surface area contributed by atoms with Gasteiger partial charge in [0.05, 0.1) is 5.02 Å². The van der Waals surface area contributed by atoms with E-state index in [1.165, 1.54) is 0 Å². The van der Waals surface area contributed by atoms with Crippen LogP contribution < -0.4 is 4.74 Å². The minimum absolute atomic E-state index is 0.0291. The lowest BCUT2D eigenvalue weighted by atomic mass is 10.1. The van der Waals surface area contributed by atoms with E-state index in [1.54, 1.807) is 37.2 Å². The molecule has 0 aromatic heterocycles. The average Bonchev–Trinajstić information content (AvgIpc) is 2.45. The minimum Gasteiger partial charge on any atom is -0.487 e. The van der Waals surface area contributed by atoms with E-state index in [0.717, 1.165) is 10.0 Å². The summed E-state index contributed by atoms with van der Waals surface area (Å²) in [6.07, 6.45) is 0. The van der Waals surface area contributed by atoms with E-state index >= 15 is 0 Å². The van der Waals surface area contributed by atoms with Crippen LogP contribution in [-0.4, -0.2) is 24.9 Å². The number of carbonyl (C=O) groups excluding carboxylic acids is 1. The third-order valence-corrected chi connectivity index (χ3v) is 3.66. The summed E-state index contributed by atoms with van der Waals surface area (Å²) in [4.78, 5) is 13.5. The summed E-state index contributed by atoms with van der Waals surface area (Å²) in [6, 6.07) is 12.8. The van der Waals surface area contributed by atoms with Gasteiger partial charge in [-0.3, -0.25) is 4.79 Å². The molecule has 0 N–H and O–H groups in total. The first kappa shape index (κ1) is 15.9. The van der Waals surface area contributed by atoms with E-state index in [0.29, 0.717) is 22.9 Å². The van der Waals surface area contributed by atoms with Crippen molar-refractivity contribution >= 4 is 33.4 Å². The Kier molecular flexibility index (Phi) is 5.26. The first-order valence-corrected chi connectivity index (χ1v) is 7.53. The molecule has 110 valence electrons. The lowest BCUT2D eigenvalue weighted by Gasteiger charge is -2.12. The smallest absolute Gasteiger partial charge is 0.253 e. The lowest BCUT2D eigenvalue weighted by molar-refractivity contribution is 0.0827. The van der Waals surface area contributed by atoms with Gasteiger partial charge >= 0.3 is 0 Å². The van der Waals surface area contributed by atoms with E-state index in [2.05, 4.69) is 15.9 Å². The summed E-state index contributed by atoms with van der Waals surface area (Å²) in [5.74, 6) is 0.586. The molecule has 2 aromatic rings. The Labute approximate surface area is 137 Å². The highest BCUT2D eigenvalue weighted by molar-refractivity contribution is 9.10. The van der Waals surface area contributed by atoms with Gasteiger partial charge in [0.1, 0.15) is 12.4 Å². The Morgan fingerprint density at radius 2 is 2.00 bits per heavy atom. The summed E-state index contributed by atoms with van der Waals surface area (Å²) in [5.41, 5.74) is 1.56. The second-order valence-electron chi connectivity index (χ2n) is 4.76. The molecule has 0 aliphatic heterocycles. The molecule has 0 radical (unpaired) electrons. The number of halogens is 2. The number of nitrogens with zero attached hydrogens (tertiary/aromatic N) is 1. The molecular formula is C16H15BrClNO2. The quantitative estimate of drug-likeness (QED) is 0.801. The maximum atomic E-state index is 11.9. The standard InChI is InChI=1S/C16H15BrClNO2/c1-19(2)16(20)12-5-3-4-11(8-12)10-21-15-7-6-13(17)9-14(15)18/h3-9H,10H2,1-2H3. The Balaban J connectivity index is 2.10. The zero-order chi connectivity index (χ0) is 15.4. The van der Waals surface area contributed by atoms with Crippen molar-refractivity contribution < 1.29 is 9.53 Å². The second kappa shape index (κ2) is 6.96. The van der Waals surface area contributed by atoms with Gasteiger partial charge in [0.15, 0.2) is 0 Å². The second-order valence-corrected chi connectivity index (χ2v) is 6.09. The van der Waals surface area contributed by atoms with Crippen molar-refractivity contribution in [1.29, 1.82) is 0 Å². The van der Waals surface area contributed by atoms with Crippen LogP contribution in [0.1, 0.15) is 15.9 Å². The Morgan fingerprint density at radius 1 is 1.24 bits per heavy atom. The van der Waals surface area contributed by atoms with Crippen molar-refractivity contribution in [3.63, 3.8) is 0 Å². The highest BCUT2D eigenvalue weighted by Gasteiger charge is 2.09. The maximum Gasteiger partial charge on any atom is 0.253 e. The number of hydrogen-bond donors (Lipinski definition) is 0. The fourth-order valence-electron chi connectivity index (χ4n) is 1.81. The molecule has 0 saturated carbocycles. The van der Waals surface area contributed by atoms with E-state index in [-0.39, 0.29) is 5.91 Å². The SMILES string of the molecule is CN(C)C(=O)c1cccc(COc2ccc(Br)cc2Cl)c1. The van der Waals surface area contributed by atoms with Crippen LogP contribution in [0.4, 0.5) is 0 Å². The van der Waals surface area contributed by atoms with Crippen LogP contribution in [0.25, 0.3) is 0 Å². The number of benzene rings is 2. The van der Waals surface area contributed by atoms with Crippen molar-refractivity contribution in [3.05, 3.63) is 63.1 Å². The summed E-state index contributed by atoms with van der Waals surface area (Å²) in [5, 5.41) is 0.546. The van der Waals surface area contributed by atoms with Gasteiger partial charge in [0, 0.05) is 24.1 Å². The molecule has 0 atom stereocenters. The molecule has 0 bridgehead atoms. The normalized spacial score (nSPS) is 10.3. The molecule has 3 nitrogen and oxygen atoms in total. The summed E-state index contributed by atoms with van der Waals surface area (Å²) in [6.45, 7) is 0.357. The molecular weight excluding hydrogens is 354 g/mol. The highest BCUT2D eigenvalue weighted by atomic mass is 79.9. The predicted octanol–water partition coefficient (Wildman–Crippen LogP) is 4.38. The highest BCUT2D eigenvalue weighted by Crippen LogP contribution is 2.28. The molecule has 0 spiro atoms. The molecule has 0 aliphatic rings. The van der Waals surface area contributed by atoms with Crippen molar-refractivity contribution in [2.75, 3.05) is 14.1 Å². The van der Waals surface area contributed by atoms with Crippen LogP contribution in [0.3, 0.4) is 0 Å². The number of carbonyl (C=O) groups is 1. The third-order valence-electron chi connectivity index (χ3n) is 2.87. The van der Waals surface area contributed by atoms with Crippen molar-refractivity contribution in [2.24, 2.45) is 0 Å². The monoisotopic (exact) mass is 367 g/mol. The summed E-state index contributed by atoms with van der Waals surface area (Å²) < 4.78 is 6.60. The number of amides is 1. The number of hydrogen-bond acceptors (Lipinski definition) is 2. The summed E-state index contributed by atoms with van der Waals surface area (Å²) in [7, 11) is 3.46. The lowest BCUT2D eigenvalue weighted by Crippen LogP contribution is -2.21. The van der Waals surface area contributed by atoms with Crippen LogP contribution in [-0.2, 0) is 6.61 Å². The van der Waals surface area contributed by atoms with Gasteiger partial charge in [-0.05, 0) is 35.9 Å². The van der Waals surface area contributed by atoms with Gasteiger partial charge in [-0.15, -0.1) is 0 Å². The Hall–Kier alpha value is -1.52. The van der Waals surface area contributed by atoms with Gasteiger partial charge in [0.25, 0.3) is 5.91 Å². The zero-order valence-corrected chi connectivity index (χ0v) is 14.1. The van der Waals surface area contributed by atoms with Crippen LogP contribution in [0.15, 0.2) is 46.9 Å². The molecule has 0 heterocycles. The zero-order valence-electron chi connectivity index (χ0n) is 11.8. The molecule has 0 aliphatic carbocycles. The maximum absolute atomic E-state index is 11.9. The van der Waals surface area contributed by atoms with E-state index < -0.39 is 0 Å². The molecule has 2 rings (SSSR count). The largest absolute Gasteiger partial charge is 0.487 e. The van der Waals surface area contributed by atoms with E-state index in [9.17, 15) is 4.79 Å². The van der Waals surface area contributed by atoms with Crippen LogP contribution in [0.5, 0.6) is 5.75 Å². The van der Waals surface area contributed by atoms with Gasteiger partial charge in [0.2, 0.25) is 0 Å². The van der Waals surface area contributed by atoms with Crippen molar-refractivity contribution in [1.82, 2.24) is 4.90 Å². The fraction of sp³-hybridized carbons (Fsp3) is 0.188. The predicted molar refractivity (Wildman–Crippen MR) is 87.9 cm³/mol. The third kappa shape index (κ3) is 4.22. The average molecular weight is 369 g/mol. The minimum atomic E-state index is -0.0291. The first-order valence-electron chi connectivity index (χ1n) is 6.36. The molecule has 0 saturated heterocycles. The first-order chi connectivity index (χ1) is 9.97. The number of ether oxygens (including phenoxy) is 1. The van der Waals surface area contributed by atoms with Gasteiger partial charge < -0.3 is 9.64 Å². The summed E-state index contributed by atoms with van der Waals surface area (Å²) >= 11 is 9.45. The molecule has 1 amide bonds. The van der Waals surface area contributed by atoms with Gasteiger partial charge in [-0.1, -0.05) is 39.7 Å². The Morgan fingerprint density at radius 3 is 2.67 bits per heavy atom. The molecule has 0 unspecified atom stereocenters. The van der Waals surface area contributed by atoms with Crippen LogP contribution >= 0.6 is 27.5 Å². The van der Waals surface area contributed by atoms with Crippen LogP contribution in [0.2, 0.25) is 5.02 Å². The van der Waals surface area contributed by atoms with Crippen molar-refractivity contribution in [3.8, 4) is 5.75 Å².